The summed E-state index contributed by atoms with van der Waals surface area (Å²) in [6.07, 6.45) is 0.939. The zero-order chi connectivity index (χ0) is 12.5. The molecule has 2 atom stereocenters. The number of carbonyl (C=O) groups excluding carboxylic acids is 1. The van der Waals surface area contributed by atoms with E-state index < -0.39 is 0 Å². The monoisotopic (exact) mass is 256 g/mol. The van der Waals surface area contributed by atoms with Gasteiger partial charge in [-0.2, -0.15) is 0 Å². The van der Waals surface area contributed by atoms with Gasteiger partial charge in [-0.25, -0.2) is 0 Å². The molecule has 1 fully saturated rings. The van der Waals surface area contributed by atoms with Gasteiger partial charge in [-0.05, 0) is 30.0 Å². The Hall–Kier alpha value is -1.60. The Balaban J connectivity index is 1.80. The van der Waals surface area contributed by atoms with E-state index in [1.807, 2.05) is 36.4 Å². The molecule has 0 unspecified atom stereocenters. The van der Waals surface area contributed by atoms with E-state index in [0.29, 0.717) is 16.5 Å². The van der Waals surface area contributed by atoms with Crippen LogP contribution in [0.1, 0.15) is 28.3 Å². The van der Waals surface area contributed by atoms with E-state index in [4.69, 9.17) is 11.6 Å². The molecule has 18 heavy (non-hydrogen) atoms. The van der Waals surface area contributed by atoms with Gasteiger partial charge in [-0.1, -0.05) is 54.1 Å². The van der Waals surface area contributed by atoms with Crippen LogP contribution in [-0.4, -0.2) is 5.78 Å². The highest BCUT2D eigenvalue weighted by Crippen LogP contribution is 2.49. The smallest absolute Gasteiger partial charge is 0.168 e. The zero-order valence-corrected chi connectivity index (χ0v) is 10.6. The molecule has 2 heteroatoms. The van der Waals surface area contributed by atoms with Crippen LogP contribution in [0.15, 0.2) is 54.6 Å². The van der Waals surface area contributed by atoms with Crippen LogP contribution in [0.2, 0.25) is 5.02 Å². The van der Waals surface area contributed by atoms with Crippen molar-refractivity contribution in [3.8, 4) is 0 Å². The van der Waals surface area contributed by atoms with Gasteiger partial charge in [-0.15, -0.1) is 0 Å². The molecule has 3 rings (SSSR count). The largest absolute Gasteiger partial charge is 0.294 e. The van der Waals surface area contributed by atoms with Crippen LogP contribution >= 0.6 is 11.6 Å². The maximum Gasteiger partial charge on any atom is 0.168 e. The van der Waals surface area contributed by atoms with E-state index in [1.54, 1.807) is 6.07 Å². The highest BCUT2D eigenvalue weighted by Gasteiger charge is 2.44. The first-order chi connectivity index (χ1) is 8.77. The minimum absolute atomic E-state index is 0.104. The second-order valence-corrected chi connectivity index (χ2v) is 5.11. The number of Topliss-reactive ketones (excluding diaryl/α,β-unsaturated/α-hetero) is 1. The summed E-state index contributed by atoms with van der Waals surface area (Å²) in [5, 5.41) is 0.557. The first kappa shape index (κ1) is 11.5. The van der Waals surface area contributed by atoms with Gasteiger partial charge in [0.1, 0.15) is 0 Å². The lowest BCUT2D eigenvalue weighted by atomic mass is 10.0. The molecule has 1 aliphatic carbocycles. The summed E-state index contributed by atoms with van der Waals surface area (Å²) in [7, 11) is 0. The van der Waals surface area contributed by atoms with Crippen LogP contribution in [0.4, 0.5) is 0 Å². The predicted molar refractivity (Wildman–Crippen MR) is 73.1 cm³/mol. The Morgan fingerprint density at radius 3 is 2.39 bits per heavy atom. The molecule has 0 bridgehead atoms. The van der Waals surface area contributed by atoms with Gasteiger partial charge < -0.3 is 0 Å². The Morgan fingerprint density at radius 2 is 1.67 bits per heavy atom. The number of hydrogen-bond donors (Lipinski definition) is 0. The average molecular weight is 257 g/mol. The molecule has 1 nitrogen and oxygen atoms in total. The minimum atomic E-state index is 0.104. The van der Waals surface area contributed by atoms with E-state index >= 15 is 0 Å². The van der Waals surface area contributed by atoms with E-state index in [-0.39, 0.29) is 11.7 Å². The fraction of sp³-hybridized carbons (Fsp3) is 0.188. The van der Waals surface area contributed by atoms with Crippen LogP contribution in [0.5, 0.6) is 0 Å². The number of halogens is 1. The summed E-state index contributed by atoms with van der Waals surface area (Å²) in [5.74, 6) is 0.650. The molecule has 0 radical (unpaired) electrons. The van der Waals surface area contributed by atoms with Crippen LogP contribution < -0.4 is 0 Å². The molecule has 0 N–H and O–H groups in total. The van der Waals surface area contributed by atoms with E-state index in [9.17, 15) is 4.79 Å². The molecule has 0 saturated heterocycles. The quantitative estimate of drug-likeness (QED) is 0.747. The first-order valence-electron chi connectivity index (χ1n) is 6.11. The third-order valence-corrected chi connectivity index (χ3v) is 3.82. The molecule has 1 saturated carbocycles. The molecular weight excluding hydrogens is 244 g/mol. The van der Waals surface area contributed by atoms with Crippen LogP contribution in [-0.2, 0) is 0 Å². The van der Waals surface area contributed by atoms with Crippen molar-refractivity contribution in [1.29, 1.82) is 0 Å². The number of carbonyl (C=O) groups is 1. The van der Waals surface area contributed by atoms with Gasteiger partial charge in [-0.3, -0.25) is 4.79 Å². The van der Waals surface area contributed by atoms with Gasteiger partial charge in [0, 0.05) is 11.5 Å². The van der Waals surface area contributed by atoms with Crippen molar-refractivity contribution < 1.29 is 4.79 Å². The maximum atomic E-state index is 12.3. The summed E-state index contributed by atoms with van der Waals surface area (Å²) in [5.41, 5.74) is 1.91. The van der Waals surface area contributed by atoms with Gasteiger partial charge >= 0.3 is 0 Å². The maximum absolute atomic E-state index is 12.3. The van der Waals surface area contributed by atoms with E-state index in [1.165, 1.54) is 5.56 Å². The molecule has 2 aromatic carbocycles. The zero-order valence-electron chi connectivity index (χ0n) is 9.84. The minimum Gasteiger partial charge on any atom is -0.294 e. The van der Waals surface area contributed by atoms with Crippen molar-refractivity contribution in [2.75, 3.05) is 0 Å². The van der Waals surface area contributed by atoms with Crippen LogP contribution in [0.25, 0.3) is 0 Å². The van der Waals surface area contributed by atoms with E-state index in [2.05, 4.69) is 12.1 Å². The summed E-state index contributed by atoms with van der Waals surface area (Å²) in [4.78, 5) is 12.3. The lowest BCUT2D eigenvalue weighted by molar-refractivity contribution is 0.0965. The fourth-order valence-electron chi connectivity index (χ4n) is 2.41. The Bertz CT molecular complexity index is 577. The summed E-state index contributed by atoms with van der Waals surface area (Å²) in [6, 6.07) is 17.5. The molecular formula is C16H13ClO. The predicted octanol–water partition coefficient (Wildman–Crippen LogP) is 4.33. The number of rotatable bonds is 3. The molecule has 0 heterocycles. The van der Waals surface area contributed by atoms with Crippen molar-refractivity contribution in [2.45, 2.75) is 12.3 Å². The summed E-state index contributed by atoms with van der Waals surface area (Å²) >= 11 is 6.06. The number of benzene rings is 2. The highest BCUT2D eigenvalue weighted by molar-refractivity contribution is 6.34. The molecule has 90 valence electrons. The van der Waals surface area contributed by atoms with Gasteiger partial charge in [0.15, 0.2) is 5.78 Å². The van der Waals surface area contributed by atoms with Crippen LogP contribution in [0, 0.1) is 5.92 Å². The van der Waals surface area contributed by atoms with Gasteiger partial charge in [0.25, 0.3) is 0 Å². The second kappa shape index (κ2) is 4.58. The highest BCUT2D eigenvalue weighted by atomic mass is 35.5. The first-order valence-corrected chi connectivity index (χ1v) is 6.49. The third-order valence-electron chi connectivity index (χ3n) is 3.49. The fourth-order valence-corrected chi connectivity index (χ4v) is 2.64. The molecule has 0 aromatic heterocycles. The Kier molecular flexibility index (Phi) is 2.92. The van der Waals surface area contributed by atoms with Crippen molar-refractivity contribution in [1.82, 2.24) is 0 Å². The summed E-state index contributed by atoms with van der Waals surface area (Å²) < 4.78 is 0. The van der Waals surface area contributed by atoms with Crippen molar-refractivity contribution in [3.05, 3.63) is 70.7 Å². The van der Waals surface area contributed by atoms with Crippen molar-refractivity contribution in [2.24, 2.45) is 5.92 Å². The lowest BCUT2D eigenvalue weighted by Gasteiger charge is -2.03. The second-order valence-electron chi connectivity index (χ2n) is 4.70. The average Bonchev–Trinajstić information content (AvgIpc) is 3.20. The standard InChI is InChI=1S/C16H13ClO/c17-15-9-5-4-8-12(15)16(18)14-10-13(14)11-6-2-1-3-7-11/h1-9,13-14H,10H2/t13-,14+/m0/s1. The topological polar surface area (TPSA) is 17.1 Å². The van der Waals surface area contributed by atoms with Crippen LogP contribution in [0.3, 0.4) is 0 Å². The van der Waals surface area contributed by atoms with Crippen molar-refractivity contribution in [3.63, 3.8) is 0 Å². The molecule has 2 aromatic rings. The summed E-state index contributed by atoms with van der Waals surface area (Å²) in [6.45, 7) is 0. The number of hydrogen-bond acceptors (Lipinski definition) is 1. The molecule has 1 aliphatic rings. The molecule has 0 spiro atoms. The lowest BCUT2D eigenvalue weighted by Crippen LogP contribution is -2.03. The number of ketones is 1. The van der Waals surface area contributed by atoms with Gasteiger partial charge in [0.2, 0.25) is 0 Å². The SMILES string of the molecule is O=C(c1ccccc1Cl)[C@@H]1C[C@H]1c1ccccc1. The Morgan fingerprint density at radius 1 is 1.00 bits per heavy atom. The van der Waals surface area contributed by atoms with E-state index in [0.717, 1.165) is 6.42 Å². The van der Waals surface area contributed by atoms with Gasteiger partial charge in [0.05, 0.1) is 5.02 Å². The Labute approximate surface area is 111 Å². The molecule has 0 amide bonds. The normalized spacial score (nSPS) is 21.6. The third kappa shape index (κ3) is 2.06. The van der Waals surface area contributed by atoms with Crippen molar-refractivity contribution >= 4 is 17.4 Å². The molecule has 0 aliphatic heterocycles.